The van der Waals surface area contributed by atoms with Crippen LogP contribution in [0.4, 0.5) is 0 Å². The van der Waals surface area contributed by atoms with Gasteiger partial charge in [0.05, 0.1) is 6.10 Å². The van der Waals surface area contributed by atoms with E-state index in [1.54, 1.807) is 0 Å². The summed E-state index contributed by atoms with van der Waals surface area (Å²) in [6.07, 6.45) is 6.95. The Hall–Kier alpha value is -0.0800. The minimum Gasteiger partial charge on any atom is -0.378 e. The van der Waals surface area contributed by atoms with Gasteiger partial charge in [0.25, 0.3) is 0 Å². The van der Waals surface area contributed by atoms with Crippen LogP contribution in [0.3, 0.4) is 0 Å². The summed E-state index contributed by atoms with van der Waals surface area (Å²) in [6, 6.07) is 1.41. The van der Waals surface area contributed by atoms with Crippen LogP contribution in [0, 0.1) is 10.8 Å². The molecule has 0 spiro atoms. The van der Waals surface area contributed by atoms with Crippen molar-refractivity contribution in [3.8, 4) is 0 Å². The minimum atomic E-state index is 0.489. The smallest absolute Gasteiger partial charge is 0.0604 e. The molecule has 2 aliphatic carbocycles. The molecule has 2 heteroatoms. The average molecular weight is 253 g/mol. The molecule has 0 aliphatic heterocycles. The Labute approximate surface area is 113 Å². The third kappa shape index (κ3) is 3.71. The van der Waals surface area contributed by atoms with E-state index in [4.69, 9.17) is 4.74 Å². The third-order valence-electron chi connectivity index (χ3n) is 4.52. The molecule has 0 unspecified atom stereocenters. The molecule has 18 heavy (non-hydrogen) atoms. The SMILES string of the molecule is CCOC1CC(NC2CC(C)(C)CC(C)(C)C2)C1. The first-order valence-corrected chi connectivity index (χ1v) is 7.67. The summed E-state index contributed by atoms with van der Waals surface area (Å²) in [7, 11) is 0. The Morgan fingerprint density at radius 1 is 1.00 bits per heavy atom. The van der Waals surface area contributed by atoms with Crippen molar-refractivity contribution in [3.05, 3.63) is 0 Å². The van der Waals surface area contributed by atoms with Crippen LogP contribution in [-0.4, -0.2) is 24.8 Å². The molecule has 2 saturated carbocycles. The molecule has 0 aromatic rings. The predicted octanol–water partition coefficient (Wildman–Crippen LogP) is 3.75. The summed E-state index contributed by atoms with van der Waals surface area (Å²) in [5, 5.41) is 3.87. The normalized spacial score (nSPS) is 35.2. The number of hydrogen-bond donors (Lipinski definition) is 1. The Balaban J connectivity index is 1.80. The Morgan fingerprint density at radius 3 is 2.06 bits per heavy atom. The second-order valence-corrected chi connectivity index (χ2v) is 8.02. The van der Waals surface area contributed by atoms with E-state index >= 15 is 0 Å². The summed E-state index contributed by atoms with van der Waals surface area (Å²) in [6.45, 7) is 12.6. The van der Waals surface area contributed by atoms with Gasteiger partial charge in [-0.2, -0.15) is 0 Å². The lowest BCUT2D eigenvalue weighted by atomic mass is 9.63. The van der Waals surface area contributed by atoms with Crippen LogP contribution in [0.25, 0.3) is 0 Å². The van der Waals surface area contributed by atoms with Gasteiger partial charge in [-0.3, -0.25) is 0 Å². The highest BCUT2D eigenvalue weighted by Crippen LogP contribution is 2.46. The van der Waals surface area contributed by atoms with E-state index in [1.807, 2.05) is 0 Å². The van der Waals surface area contributed by atoms with Crippen molar-refractivity contribution in [1.82, 2.24) is 5.32 Å². The molecule has 2 aliphatic rings. The standard InChI is InChI=1S/C16H31NO/c1-6-18-14-7-12(8-14)17-13-9-15(2,3)11-16(4,5)10-13/h12-14,17H,6-11H2,1-5H3. The van der Waals surface area contributed by atoms with Gasteiger partial charge in [0.2, 0.25) is 0 Å². The van der Waals surface area contributed by atoms with Crippen LogP contribution in [-0.2, 0) is 4.74 Å². The topological polar surface area (TPSA) is 21.3 Å². The first-order chi connectivity index (χ1) is 8.30. The molecule has 0 amide bonds. The lowest BCUT2D eigenvalue weighted by Gasteiger charge is -2.48. The molecule has 0 aromatic carbocycles. The van der Waals surface area contributed by atoms with E-state index in [0.29, 0.717) is 29.0 Å². The quantitative estimate of drug-likeness (QED) is 0.824. The van der Waals surface area contributed by atoms with E-state index in [0.717, 1.165) is 6.61 Å². The molecule has 0 bridgehead atoms. The van der Waals surface area contributed by atoms with Crippen molar-refractivity contribution in [2.45, 2.75) is 84.9 Å². The van der Waals surface area contributed by atoms with E-state index in [1.165, 1.54) is 32.1 Å². The summed E-state index contributed by atoms with van der Waals surface area (Å²) >= 11 is 0. The fourth-order valence-electron chi connectivity index (χ4n) is 4.37. The van der Waals surface area contributed by atoms with E-state index in [2.05, 4.69) is 39.9 Å². The van der Waals surface area contributed by atoms with Crippen molar-refractivity contribution in [2.24, 2.45) is 10.8 Å². The maximum absolute atomic E-state index is 5.64. The van der Waals surface area contributed by atoms with Crippen molar-refractivity contribution >= 4 is 0 Å². The van der Waals surface area contributed by atoms with Crippen LogP contribution in [0.5, 0.6) is 0 Å². The highest BCUT2D eigenvalue weighted by Gasteiger charge is 2.40. The molecule has 2 nitrogen and oxygen atoms in total. The van der Waals surface area contributed by atoms with Gasteiger partial charge < -0.3 is 10.1 Å². The second-order valence-electron chi connectivity index (χ2n) is 8.02. The van der Waals surface area contributed by atoms with E-state index in [9.17, 15) is 0 Å². The number of ether oxygens (including phenoxy) is 1. The lowest BCUT2D eigenvalue weighted by molar-refractivity contribution is -0.0194. The van der Waals surface area contributed by atoms with Crippen molar-refractivity contribution < 1.29 is 4.74 Å². The molecular weight excluding hydrogens is 222 g/mol. The highest BCUT2D eigenvalue weighted by atomic mass is 16.5. The predicted molar refractivity (Wildman–Crippen MR) is 76.8 cm³/mol. The minimum absolute atomic E-state index is 0.489. The maximum atomic E-state index is 5.64. The monoisotopic (exact) mass is 253 g/mol. The van der Waals surface area contributed by atoms with Gasteiger partial charge in [0.15, 0.2) is 0 Å². The zero-order valence-electron chi connectivity index (χ0n) is 12.9. The van der Waals surface area contributed by atoms with E-state index in [-0.39, 0.29) is 0 Å². The van der Waals surface area contributed by atoms with Crippen LogP contribution in [0.2, 0.25) is 0 Å². The van der Waals surface area contributed by atoms with Gasteiger partial charge >= 0.3 is 0 Å². The third-order valence-corrected chi connectivity index (χ3v) is 4.52. The zero-order chi connectivity index (χ0) is 13.4. The first kappa shape index (κ1) is 14.3. The van der Waals surface area contributed by atoms with Crippen molar-refractivity contribution in [2.75, 3.05) is 6.61 Å². The summed E-state index contributed by atoms with van der Waals surface area (Å²) in [5.74, 6) is 0. The molecule has 0 aromatic heterocycles. The highest BCUT2D eigenvalue weighted by molar-refractivity contribution is 4.96. The number of rotatable bonds is 4. The second kappa shape index (κ2) is 5.13. The molecule has 2 fully saturated rings. The molecule has 0 saturated heterocycles. The number of nitrogens with one attached hydrogen (secondary N) is 1. The van der Waals surface area contributed by atoms with Gasteiger partial charge in [-0.1, -0.05) is 27.7 Å². The van der Waals surface area contributed by atoms with Gasteiger partial charge in [-0.05, 0) is 49.9 Å². The number of hydrogen-bond acceptors (Lipinski definition) is 2. The van der Waals surface area contributed by atoms with Gasteiger partial charge in [-0.15, -0.1) is 0 Å². The van der Waals surface area contributed by atoms with Gasteiger partial charge in [0.1, 0.15) is 0 Å². The van der Waals surface area contributed by atoms with Crippen LogP contribution in [0.1, 0.15) is 66.7 Å². The van der Waals surface area contributed by atoms with Crippen molar-refractivity contribution in [1.29, 1.82) is 0 Å². The van der Waals surface area contributed by atoms with Crippen LogP contribution >= 0.6 is 0 Å². The van der Waals surface area contributed by atoms with Gasteiger partial charge in [0, 0.05) is 18.7 Å². The summed E-state index contributed by atoms with van der Waals surface area (Å²) in [5.41, 5.74) is 0.977. The molecular formula is C16H31NO. The summed E-state index contributed by atoms with van der Waals surface area (Å²) in [4.78, 5) is 0. The molecule has 0 radical (unpaired) electrons. The lowest BCUT2D eigenvalue weighted by Crippen LogP contribution is -2.53. The first-order valence-electron chi connectivity index (χ1n) is 7.67. The molecule has 2 rings (SSSR count). The zero-order valence-corrected chi connectivity index (χ0v) is 12.9. The van der Waals surface area contributed by atoms with Crippen LogP contribution in [0.15, 0.2) is 0 Å². The maximum Gasteiger partial charge on any atom is 0.0604 e. The van der Waals surface area contributed by atoms with Gasteiger partial charge in [-0.25, -0.2) is 0 Å². The van der Waals surface area contributed by atoms with Crippen molar-refractivity contribution in [3.63, 3.8) is 0 Å². The fraction of sp³-hybridized carbons (Fsp3) is 1.00. The molecule has 1 N–H and O–H groups in total. The molecule has 0 atom stereocenters. The Morgan fingerprint density at radius 2 is 1.56 bits per heavy atom. The Bertz CT molecular complexity index is 263. The Kier molecular flexibility index (Phi) is 4.08. The van der Waals surface area contributed by atoms with Crippen LogP contribution < -0.4 is 5.32 Å². The van der Waals surface area contributed by atoms with E-state index < -0.39 is 0 Å². The fourth-order valence-corrected chi connectivity index (χ4v) is 4.37. The largest absolute Gasteiger partial charge is 0.378 e. The molecule has 106 valence electrons. The molecule has 0 heterocycles. The summed E-state index contributed by atoms with van der Waals surface area (Å²) < 4.78 is 5.64. The average Bonchev–Trinajstić information content (AvgIpc) is 2.09.